The molecule has 1 aliphatic heterocycles. The molecule has 14 heavy (non-hydrogen) atoms. The van der Waals surface area contributed by atoms with Crippen LogP contribution in [-0.2, 0) is 4.79 Å². The minimum atomic E-state index is -1.08. The Kier molecular flexibility index (Phi) is 6.45. The molecule has 67 valence electrons. The molecule has 0 aliphatic carbocycles. The van der Waals surface area contributed by atoms with Gasteiger partial charge in [-0.2, -0.15) is 0 Å². The summed E-state index contributed by atoms with van der Waals surface area (Å²) in [4.78, 5) is 8.89. The number of aliphatic carboxylic acids is 1. The van der Waals surface area contributed by atoms with E-state index in [4.69, 9.17) is 19.2 Å². The van der Waals surface area contributed by atoms with Crippen LogP contribution in [0.25, 0.3) is 0 Å². The molecule has 1 aromatic carbocycles. The number of carbonyl (C=O) groups is 1. The van der Waals surface area contributed by atoms with Gasteiger partial charge in [-0.3, -0.25) is 0 Å². The normalized spacial score (nSPS) is 10.1. The average Bonchev–Trinajstić information content (AvgIpc) is 2.49. The number of carboxylic acid groups (broad SMARTS) is 1. The monoisotopic (exact) mass is 201 g/mol. The molecule has 2 rings (SSSR count). The molecule has 0 saturated carbocycles. The molecule has 0 unspecified atom stereocenters. The summed E-state index contributed by atoms with van der Waals surface area (Å²) in [6, 6.07) is 7.53. The van der Waals surface area contributed by atoms with Crippen LogP contribution in [0.15, 0.2) is 24.3 Å². The first kappa shape index (κ1) is 13.4. The van der Waals surface area contributed by atoms with E-state index >= 15 is 0 Å². The number of rotatable bonds is 0. The molecule has 1 aromatic rings. The van der Waals surface area contributed by atoms with Crippen molar-refractivity contribution in [1.82, 2.24) is 0 Å². The number of carboxylic acids is 1. The number of benzene rings is 1. The number of fused-ring (bicyclic) bond motifs is 1. The van der Waals surface area contributed by atoms with Crippen LogP contribution in [0.1, 0.15) is 6.92 Å². The minimum Gasteiger partial charge on any atom is -0.550 e. The van der Waals surface area contributed by atoms with Gasteiger partial charge in [-0.05, 0) is 19.1 Å². The maximum absolute atomic E-state index is 8.89. The summed E-state index contributed by atoms with van der Waals surface area (Å²) >= 11 is 0. The molecule has 0 saturated heterocycles. The van der Waals surface area contributed by atoms with E-state index in [2.05, 4.69) is 0 Å². The molecule has 1 aliphatic rings. The van der Waals surface area contributed by atoms with Crippen LogP contribution in [-0.4, -0.2) is 13.7 Å². The van der Waals surface area contributed by atoms with Gasteiger partial charge in [-0.15, -0.1) is 0 Å². The average molecular weight is 201 g/mol. The van der Waals surface area contributed by atoms with Gasteiger partial charge in [-0.1, -0.05) is 12.1 Å². The van der Waals surface area contributed by atoms with E-state index in [1.807, 2.05) is 24.3 Å². The van der Waals surface area contributed by atoms with Crippen LogP contribution in [0.3, 0.4) is 0 Å². The largest absolute Gasteiger partial charge is 1.00 e. The van der Waals surface area contributed by atoms with Crippen LogP contribution in [0, 0.1) is 0 Å². The van der Waals surface area contributed by atoms with E-state index in [-0.39, 0.29) is 29.6 Å². The topological polar surface area (TPSA) is 58.6 Å². The molecule has 0 fully saturated rings. The fourth-order valence-corrected chi connectivity index (χ4v) is 0.773. The predicted molar refractivity (Wildman–Crippen MR) is 44.1 cm³/mol. The van der Waals surface area contributed by atoms with Crippen molar-refractivity contribution in [3.63, 3.8) is 0 Å². The third kappa shape index (κ3) is 4.55. The Balaban J connectivity index is 0.000000299. The Labute approximate surface area is 105 Å². The van der Waals surface area contributed by atoms with Crippen LogP contribution in [0.4, 0.5) is 0 Å². The first-order valence-electron chi connectivity index (χ1n) is 3.62. The predicted octanol–water partition coefficient (Wildman–Crippen LogP) is -3.25. The van der Waals surface area contributed by atoms with Crippen LogP contribution < -0.4 is 44.0 Å². The van der Waals surface area contributed by atoms with Crippen molar-refractivity contribution < 1.29 is 48.8 Å². The fraction of sp³-hybridized carbons (Fsp3) is 0.125. The van der Waals surface area contributed by atoms with E-state index < -0.39 is 5.97 Å². The molecule has 1 radical (unpaired) electrons. The van der Waals surface area contributed by atoms with E-state index in [9.17, 15) is 0 Å². The van der Waals surface area contributed by atoms with Gasteiger partial charge >= 0.3 is 37.2 Å². The maximum atomic E-state index is 8.89. The first-order chi connectivity index (χ1) is 6.20. The number of hydrogen-bond acceptors (Lipinski definition) is 4. The van der Waals surface area contributed by atoms with Crippen molar-refractivity contribution in [2.24, 2.45) is 0 Å². The molecule has 0 N–H and O–H groups in total. The van der Waals surface area contributed by atoms with Crippen molar-refractivity contribution in [3.8, 4) is 11.5 Å². The molecule has 4 nitrogen and oxygen atoms in total. The zero-order valence-electron chi connectivity index (χ0n) is 8.02. The van der Waals surface area contributed by atoms with Crippen molar-refractivity contribution in [2.45, 2.75) is 6.92 Å². The maximum Gasteiger partial charge on any atom is 1.00 e. The van der Waals surface area contributed by atoms with Crippen molar-refractivity contribution in [1.29, 1.82) is 0 Å². The van der Waals surface area contributed by atoms with Crippen LogP contribution in [0.2, 0.25) is 0 Å². The van der Waals surface area contributed by atoms with Gasteiger partial charge < -0.3 is 19.2 Å². The molecule has 0 bridgehead atoms. The first-order valence-corrected chi connectivity index (χ1v) is 3.62. The summed E-state index contributed by atoms with van der Waals surface area (Å²) < 4.78 is 9.90. The summed E-state index contributed by atoms with van der Waals surface area (Å²) in [5.74, 6) is 0.495. The fourth-order valence-electron chi connectivity index (χ4n) is 0.773. The Hall–Kier alpha value is -0.645. The summed E-state index contributed by atoms with van der Waals surface area (Å²) in [5.41, 5.74) is 0. The minimum absolute atomic E-state index is 0. The molecule has 0 atom stereocenters. The Morgan fingerprint density at radius 2 is 1.64 bits per heavy atom. The van der Waals surface area contributed by atoms with Crippen molar-refractivity contribution in [3.05, 3.63) is 24.3 Å². The summed E-state index contributed by atoms with van der Waals surface area (Å²) in [6.07, 6.45) is 0. The third-order valence-corrected chi connectivity index (χ3v) is 1.20. The van der Waals surface area contributed by atoms with Gasteiger partial charge in [0.15, 0.2) is 0 Å². The second-order valence-corrected chi connectivity index (χ2v) is 2.27. The van der Waals surface area contributed by atoms with Gasteiger partial charge in [0.05, 0.1) is 0 Å². The van der Waals surface area contributed by atoms with Crippen molar-refractivity contribution in [2.75, 3.05) is 0 Å². The second-order valence-electron chi connectivity index (χ2n) is 2.27. The van der Waals surface area contributed by atoms with Gasteiger partial charge in [0.2, 0.25) is 0 Å². The second kappa shape index (κ2) is 6.76. The number of hydrogen-bond donors (Lipinski definition) is 0. The number of carbonyl (C=O) groups excluding carboxylic acids is 1. The molecular weight excluding hydrogens is 194 g/mol. The van der Waals surface area contributed by atoms with E-state index in [1.165, 1.54) is 7.69 Å². The Bertz CT molecular complexity index is 278. The molecular formula is C8H7BNaO4. The van der Waals surface area contributed by atoms with Crippen LogP contribution >= 0.6 is 0 Å². The van der Waals surface area contributed by atoms with Gasteiger partial charge in [0, 0.05) is 5.97 Å². The molecule has 1 heterocycles. The van der Waals surface area contributed by atoms with Gasteiger partial charge in [0.25, 0.3) is 0 Å². The van der Waals surface area contributed by atoms with E-state index in [1.54, 1.807) is 0 Å². The summed E-state index contributed by atoms with van der Waals surface area (Å²) in [5, 5.41) is 8.89. The standard InChI is InChI=1S/C6H4BO2.C2H4O2.Na/c1-2-4-6-5(3-1)8-7-9-6;1-2(3)4;/h1-4H;1H3,(H,3,4);/q;;+1/p-1. The van der Waals surface area contributed by atoms with Crippen LogP contribution in [0.5, 0.6) is 11.5 Å². The van der Waals surface area contributed by atoms with Crippen molar-refractivity contribution >= 4 is 13.7 Å². The summed E-state index contributed by atoms with van der Waals surface area (Å²) in [7, 11) is 1.32. The van der Waals surface area contributed by atoms with E-state index in [0.29, 0.717) is 0 Å². The number of para-hydroxylation sites is 2. The molecule has 0 amide bonds. The molecule has 6 heteroatoms. The SMILES string of the molecule is CC(=O)[O-].[B]1Oc2ccccc2O1.[Na+]. The van der Waals surface area contributed by atoms with Gasteiger partial charge in [0.1, 0.15) is 11.5 Å². The van der Waals surface area contributed by atoms with E-state index in [0.717, 1.165) is 18.4 Å². The molecule has 0 spiro atoms. The van der Waals surface area contributed by atoms with Gasteiger partial charge in [-0.25, -0.2) is 0 Å². The quantitative estimate of drug-likeness (QED) is 0.413. The Morgan fingerprint density at radius 3 is 2.00 bits per heavy atom. The summed E-state index contributed by atoms with van der Waals surface area (Å²) in [6.45, 7) is 0.972. The smallest absolute Gasteiger partial charge is 0.550 e. The zero-order valence-corrected chi connectivity index (χ0v) is 10.0. The Morgan fingerprint density at radius 1 is 1.29 bits per heavy atom. The molecule has 0 aromatic heterocycles. The zero-order chi connectivity index (χ0) is 9.68. The third-order valence-electron chi connectivity index (χ3n) is 1.20.